The lowest BCUT2D eigenvalue weighted by atomic mass is 10.1. The van der Waals surface area contributed by atoms with Crippen LogP contribution in [-0.2, 0) is 0 Å². The first-order chi connectivity index (χ1) is 10.5. The third-order valence-corrected chi connectivity index (χ3v) is 4.52. The van der Waals surface area contributed by atoms with Gasteiger partial charge in [-0.1, -0.05) is 28.1 Å². The van der Waals surface area contributed by atoms with Crippen molar-refractivity contribution in [2.24, 2.45) is 0 Å². The molecule has 112 valence electrons. The van der Waals surface area contributed by atoms with Crippen molar-refractivity contribution < 1.29 is 9.53 Å². The van der Waals surface area contributed by atoms with Gasteiger partial charge in [0.25, 0.3) is 5.91 Å². The number of nitrogens with zero attached hydrogens (tertiary/aromatic N) is 2. The zero-order valence-electron chi connectivity index (χ0n) is 11.7. The summed E-state index contributed by atoms with van der Waals surface area (Å²) in [5.74, 6) is 0.419. The molecule has 0 N–H and O–H groups in total. The number of hydrogen-bond acceptors (Lipinski definition) is 3. The van der Waals surface area contributed by atoms with Crippen LogP contribution in [0.3, 0.4) is 0 Å². The lowest BCUT2D eigenvalue weighted by Gasteiger charge is -2.10. The minimum absolute atomic E-state index is 0.0677. The lowest BCUT2D eigenvalue weighted by molar-refractivity contribution is 0.0820. The fraction of sp³-hybridized carbons (Fsp3) is 0.125. The molecule has 4 nitrogen and oxygen atoms in total. The Morgan fingerprint density at radius 3 is 2.77 bits per heavy atom. The molecule has 0 atom stereocenters. The molecule has 0 aliphatic heterocycles. The van der Waals surface area contributed by atoms with Crippen LogP contribution in [0.15, 0.2) is 51.5 Å². The van der Waals surface area contributed by atoms with Crippen LogP contribution in [0.4, 0.5) is 0 Å². The summed E-state index contributed by atoms with van der Waals surface area (Å²) in [6.07, 6.45) is 1.63. The second kappa shape index (κ2) is 6.22. The number of rotatable bonds is 3. The van der Waals surface area contributed by atoms with Crippen molar-refractivity contribution in [1.29, 1.82) is 0 Å². The number of ether oxygens (including phenoxy) is 1. The Morgan fingerprint density at radius 2 is 2.05 bits per heavy atom. The highest BCUT2D eigenvalue weighted by atomic mass is 79.9. The first-order valence-corrected chi connectivity index (χ1v) is 8.19. The highest BCUT2D eigenvalue weighted by Gasteiger charge is 2.11. The Morgan fingerprint density at radius 1 is 1.23 bits per heavy atom. The summed E-state index contributed by atoms with van der Waals surface area (Å²) in [5, 5.41) is 6.19. The van der Waals surface area contributed by atoms with Crippen molar-refractivity contribution in [3.8, 4) is 5.75 Å². The molecule has 6 heteroatoms. The quantitative estimate of drug-likeness (QED) is 0.618. The number of hydrogen-bond donors (Lipinski definition) is 0. The molecular weight excluding hydrogens is 412 g/mol. The number of carbonyl (C=O) groups is 1. The van der Waals surface area contributed by atoms with E-state index in [4.69, 9.17) is 4.74 Å². The molecule has 0 amide bonds. The molecule has 0 saturated heterocycles. The molecule has 3 rings (SSSR count). The van der Waals surface area contributed by atoms with Gasteiger partial charge in [0, 0.05) is 10.7 Å². The molecular formula is C16H12Br2N2O2. The van der Waals surface area contributed by atoms with E-state index in [2.05, 4.69) is 37.0 Å². The second-order valence-corrected chi connectivity index (χ2v) is 6.54. The summed E-state index contributed by atoms with van der Waals surface area (Å²) in [6, 6.07) is 11.6. The van der Waals surface area contributed by atoms with E-state index in [0.29, 0.717) is 5.75 Å². The Hall–Kier alpha value is -1.66. The van der Waals surface area contributed by atoms with Gasteiger partial charge in [0.1, 0.15) is 5.75 Å². The van der Waals surface area contributed by atoms with Crippen LogP contribution in [0.1, 0.15) is 10.5 Å². The average molecular weight is 424 g/mol. The van der Waals surface area contributed by atoms with Gasteiger partial charge in [0.2, 0.25) is 0 Å². The van der Waals surface area contributed by atoms with Gasteiger partial charge >= 0.3 is 0 Å². The van der Waals surface area contributed by atoms with E-state index >= 15 is 0 Å². The molecule has 1 heterocycles. The predicted octanol–water partition coefficient (Wildman–Crippen LogP) is 4.59. The van der Waals surface area contributed by atoms with Gasteiger partial charge in [-0.15, -0.1) is 0 Å². The smallest absolute Gasteiger partial charge is 0.284 e. The van der Waals surface area contributed by atoms with Crippen LogP contribution in [0, 0.1) is 6.92 Å². The van der Waals surface area contributed by atoms with Crippen LogP contribution in [0.25, 0.3) is 10.8 Å². The normalized spacial score (nSPS) is 10.9. The molecule has 22 heavy (non-hydrogen) atoms. The van der Waals surface area contributed by atoms with E-state index in [1.165, 1.54) is 4.68 Å². The number of fused-ring (bicyclic) bond motifs is 1. The molecule has 3 aromatic rings. The average Bonchev–Trinajstić information content (AvgIpc) is 2.93. The molecule has 0 unspecified atom stereocenters. The summed E-state index contributed by atoms with van der Waals surface area (Å²) < 4.78 is 8.78. The molecule has 1 aromatic heterocycles. The largest absolute Gasteiger partial charge is 0.482 e. The zero-order chi connectivity index (χ0) is 15.7. The Bertz CT molecular complexity index is 858. The molecule has 0 radical (unpaired) electrons. The van der Waals surface area contributed by atoms with Gasteiger partial charge in [-0.05, 0) is 57.9 Å². The Labute approximate surface area is 144 Å². The van der Waals surface area contributed by atoms with E-state index in [-0.39, 0.29) is 12.5 Å². The van der Waals surface area contributed by atoms with Gasteiger partial charge in [-0.2, -0.15) is 5.10 Å². The van der Waals surface area contributed by atoms with E-state index in [0.717, 1.165) is 25.4 Å². The topological polar surface area (TPSA) is 44.1 Å². The number of carbonyl (C=O) groups excluding carboxylic acids is 1. The third-order valence-electron chi connectivity index (χ3n) is 3.21. The van der Waals surface area contributed by atoms with Gasteiger partial charge in [-0.3, -0.25) is 4.79 Å². The van der Waals surface area contributed by atoms with E-state index in [9.17, 15) is 4.79 Å². The summed E-state index contributed by atoms with van der Waals surface area (Å²) in [5.41, 5.74) is 0.797. The lowest BCUT2D eigenvalue weighted by Crippen LogP contribution is -2.19. The molecule has 0 aliphatic rings. The van der Waals surface area contributed by atoms with Crippen LogP contribution in [0.5, 0.6) is 5.75 Å². The minimum Gasteiger partial charge on any atom is -0.482 e. The van der Waals surface area contributed by atoms with Gasteiger partial charge in [0.15, 0.2) is 6.61 Å². The standard InChI is InChI=1S/C16H12Br2N2O2/c1-10-6-7-20(19-10)15(21)9-22-14-5-2-11-8-12(17)3-4-13(11)16(14)18/h2-8H,9H2,1H3. The van der Waals surface area contributed by atoms with Crippen molar-refractivity contribution in [2.45, 2.75) is 6.92 Å². The molecule has 0 bridgehead atoms. The highest BCUT2D eigenvalue weighted by Crippen LogP contribution is 2.34. The fourth-order valence-electron chi connectivity index (χ4n) is 2.11. The third kappa shape index (κ3) is 3.08. The summed E-state index contributed by atoms with van der Waals surface area (Å²) in [6.45, 7) is 1.77. The maximum Gasteiger partial charge on any atom is 0.284 e. The number of aromatic nitrogens is 2. The predicted molar refractivity (Wildman–Crippen MR) is 92.4 cm³/mol. The fourth-order valence-corrected chi connectivity index (χ4v) is 3.10. The Balaban J connectivity index is 1.81. The van der Waals surface area contributed by atoms with Crippen LogP contribution >= 0.6 is 31.9 Å². The Kier molecular flexibility index (Phi) is 4.31. The van der Waals surface area contributed by atoms with Crippen LogP contribution < -0.4 is 4.74 Å². The number of aryl methyl sites for hydroxylation is 1. The SMILES string of the molecule is Cc1ccn(C(=O)COc2ccc3cc(Br)ccc3c2Br)n1. The molecule has 0 saturated carbocycles. The maximum absolute atomic E-state index is 12.0. The maximum atomic E-state index is 12.0. The van der Waals surface area contributed by atoms with E-state index < -0.39 is 0 Å². The van der Waals surface area contributed by atoms with Gasteiger partial charge in [0.05, 0.1) is 10.2 Å². The number of halogens is 2. The molecule has 0 fully saturated rings. The van der Waals surface area contributed by atoms with Crippen molar-refractivity contribution in [3.05, 3.63) is 57.2 Å². The first kappa shape index (κ1) is 15.2. The van der Waals surface area contributed by atoms with E-state index in [1.54, 1.807) is 12.3 Å². The summed E-state index contributed by atoms with van der Waals surface area (Å²) in [4.78, 5) is 12.0. The second-order valence-electron chi connectivity index (χ2n) is 4.83. The monoisotopic (exact) mass is 422 g/mol. The van der Waals surface area contributed by atoms with Crippen molar-refractivity contribution >= 4 is 48.5 Å². The molecule has 0 spiro atoms. The van der Waals surface area contributed by atoms with Gasteiger partial charge < -0.3 is 4.74 Å². The molecule has 0 aliphatic carbocycles. The van der Waals surface area contributed by atoms with Crippen LogP contribution in [-0.4, -0.2) is 22.3 Å². The highest BCUT2D eigenvalue weighted by molar-refractivity contribution is 9.11. The number of benzene rings is 2. The summed E-state index contributed by atoms with van der Waals surface area (Å²) in [7, 11) is 0. The summed E-state index contributed by atoms with van der Waals surface area (Å²) >= 11 is 7.00. The van der Waals surface area contributed by atoms with Crippen molar-refractivity contribution in [3.63, 3.8) is 0 Å². The zero-order valence-corrected chi connectivity index (χ0v) is 14.9. The molecule has 2 aromatic carbocycles. The minimum atomic E-state index is -0.212. The van der Waals surface area contributed by atoms with Crippen molar-refractivity contribution in [1.82, 2.24) is 9.78 Å². The van der Waals surface area contributed by atoms with Gasteiger partial charge in [-0.25, -0.2) is 4.68 Å². The van der Waals surface area contributed by atoms with Crippen molar-refractivity contribution in [2.75, 3.05) is 6.61 Å². The van der Waals surface area contributed by atoms with Crippen LogP contribution in [0.2, 0.25) is 0 Å². The van der Waals surface area contributed by atoms with E-state index in [1.807, 2.05) is 37.3 Å². The first-order valence-electron chi connectivity index (χ1n) is 6.60.